The first kappa shape index (κ1) is 18.8. The molecule has 1 rings (SSSR count). The zero-order chi connectivity index (χ0) is 13.9. The maximum Gasteiger partial charge on any atom is 0.222 e. The summed E-state index contributed by atoms with van der Waals surface area (Å²) in [4.78, 5) is 12.6. The van der Waals surface area contributed by atoms with Gasteiger partial charge in [0.05, 0.1) is 0 Å². The van der Waals surface area contributed by atoms with Crippen LogP contribution in [-0.2, 0) is 4.79 Å². The molecule has 0 N–H and O–H groups in total. The first-order valence-corrected chi connectivity index (χ1v) is 7.10. The number of amides is 1. The number of carbonyl (C=O) groups is 1. The van der Waals surface area contributed by atoms with Crippen LogP contribution in [-0.4, -0.2) is 23.9 Å². The van der Waals surface area contributed by atoms with Gasteiger partial charge in [0.15, 0.2) is 0 Å². The van der Waals surface area contributed by atoms with Crippen LogP contribution in [0.25, 0.3) is 0 Å². The van der Waals surface area contributed by atoms with Crippen LogP contribution >= 0.6 is 0 Å². The Morgan fingerprint density at radius 3 is 1.65 bits per heavy atom. The van der Waals surface area contributed by atoms with Crippen molar-refractivity contribution < 1.29 is 4.79 Å². The summed E-state index contributed by atoms with van der Waals surface area (Å²) < 4.78 is 0. The molecule has 0 aliphatic carbocycles. The van der Waals surface area contributed by atoms with E-state index in [0.29, 0.717) is 11.3 Å². The molecule has 0 atom stereocenters. The predicted molar refractivity (Wildman–Crippen MR) is 77.2 cm³/mol. The molecular formula is C15H33NO. The number of nitrogens with zero attached hydrogens (tertiary/aromatic N) is 1. The van der Waals surface area contributed by atoms with Gasteiger partial charge in [-0.2, -0.15) is 0 Å². The summed E-state index contributed by atoms with van der Waals surface area (Å²) >= 11 is 0. The second kappa shape index (κ2) is 10.6. The molecule has 17 heavy (non-hydrogen) atoms. The smallest absolute Gasteiger partial charge is 0.222 e. The van der Waals surface area contributed by atoms with E-state index in [1.54, 1.807) is 0 Å². The molecular weight excluding hydrogens is 210 g/mol. The van der Waals surface area contributed by atoms with Crippen molar-refractivity contribution in [1.29, 1.82) is 0 Å². The fourth-order valence-corrected chi connectivity index (χ4v) is 1.04. The Bertz CT molecular complexity index is 182. The zero-order valence-corrected chi connectivity index (χ0v) is 13.1. The van der Waals surface area contributed by atoms with E-state index in [0.717, 1.165) is 25.9 Å². The monoisotopic (exact) mass is 243 g/mol. The van der Waals surface area contributed by atoms with Gasteiger partial charge in [0, 0.05) is 19.5 Å². The average Bonchev–Trinajstić information content (AvgIpc) is 2.65. The molecule has 1 aliphatic heterocycles. The Morgan fingerprint density at radius 1 is 1.12 bits per heavy atom. The van der Waals surface area contributed by atoms with Crippen molar-refractivity contribution in [3.05, 3.63) is 0 Å². The van der Waals surface area contributed by atoms with Gasteiger partial charge in [-0.15, -0.1) is 0 Å². The van der Waals surface area contributed by atoms with Crippen molar-refractivity contribution in [3.63, 3.8) is 0 Å². The maximum absolute atomic E-state index is 10.7. The van der Waals surface area contributed by atoms with Crippen LogP contribution in [0.5, 0.6) is 0 Å². The normalized spacial score (nSPS) is 14.8. The molecule has 0 radical (unpaired) electrons. The van der Waals surface area contributed by atoms with Gasteiger partial charge < -0.3 is 4.90 Å². The minimum atomic E-state index is 0.326. The lowest BCUT2D eigenvalue weighted by Crippen LogP contribution is -2.23. The van der Waals surface area contributed by atoms with E-state index in [1.165, 1.54) is 12.8 Å². The Kier molecular flexibility index (Phi) is 11.8. The molecule has 0 aromatic heterocycles. The Morgan fingerprint density at radius 2 is 1.53 bits per heavy atom. The fraction of sp³-hybridized carbons (Fsp3) is 0.933. The number of likely N-dealkylation sites (tertiary alicyclic amines) is 1. The summed E-state index contributed by atoms with van der Waals surface area (Å²) in [5.41, 5.74) is 0.542. The quantitative estimate of drug-likeness (QED) is 0.664. The molecule has 2 heteroatoms. The highest BCUT2D eigenvalue weighted by Crippen LogP contribution is 2.16. The molecule has 1 heterocycles. The van der Waals surface area contributed by atoms with Crippen LogP contribution in [0.4, 0.5) is 0 Å². The van der Waals surface area contributed by atoms with Crippen molar-refractivity contribution in [2.45, 2.75) is 74.1 Å². The van der Waals surface area contributed by atoms with Crippen LogP contribution < -0.4 is 0 Å². The Labute approximate surface area is 109 Å². The molecule has 0 saturated carbocycles. The van der Waals surface area contributed by atoms with E-state index in [9.17, 15) is 4.79 Å². The van der Waals surface area contributed by atoms with Crippen LogP contribution in [0.2, 0.25) is 0 Å². The summed E-state index contributed by atoms with van der Waals surface area (Å²) in [6, 6.07) is 0. The van der Waals surface area contributed by atoms with Gasteiger partial charge in [-0.1, -0.05) is 54.4 Å². The second-order valence-electron chi connectivity index (χ2n) is 5.70. The molecule has 2 nitrogen and oxygen atoms in total. The largest absolute Gasteiger partial charge is 0.343 e. The van der Waals surface area contributed by atoms with Crippen molar-refractivity contribution in [2.75, 3.05) is 13.1 Å². The molecule has 0 unspecified atom stereocenters. The third kappa shape index (κ3) is 13.4. The lowest BCUT2D eigenvalue weighted by molar-refractivity contribution is -0.127. The highest BCUT2D eigenvalue weighted by atomic mass is 16.2. The molecule has 1 aliphatic rings. The lowest BCUT2D eigenvalue weighted by Gasteiger charge is -2.12. The lowest BCUT2D eigenvalue weighted by atomic mass is 9.94. The van der Waals surface area contributed by atoms with E-state index in [4.69, 9.17) is 0 Å². The summed E-state index contributed by atoms with van der Waals surface area (Å²) in [5.74, 6) is 0.326. The van der Waals surface area contributed by atoms with E-state index in [-0.39, 0.29) is 0 Å². The molecule has 0 aromatic rings. The fourth-order valence-electron chi connectivity index (χ4n) is 1.04. The Hall–Kier alpha value is -0.530. The number of hydrogen-bond acceptors (Lipinski definition) is 1. The third-order valence-electron chi connectivity index (χ3n) is 2.61. The van der Waals surface area contributed by atoms with Crippen LogP contribution in [0.3, 0.4) is 0 Å². The number of hydrogen-bond donors (Lipinski definition) is 0. The van der Waals surface area contributed by atoms with E-state index in [2.05, 4.69) is 41.5 Å². The van der Waals surface area contributed by atoms with Crippen LogP contribution in [0, 0.1) is 5.41 Å². The molecule has 1 fully saturated rings. The van der Waals surface area contributed by atoms with Crippen LogP contribution in [0.15, 0.2) is 0 Å². The summed E-state index contributed by atoms with van der Waals surface area (Å²) in [6.45, 7) is 17.1. The highest BCUT2D eigenvalue weighted by Gasteiger charge is 2.16. The minimum Gasteiger partial charge on any atom is -0.343 e. The van der Waals surface area contributed by atoms with Gasteiger partial charge in [-0.3, -0.25) is 4.79 Å². The van der Waals surface area contributed by atoms with E-state index in [1.807, 2.05) is 11.8 Å². The van der Waals surface area contributed by atoms with E-state index >= 15 is 0 Å². The third-order valence-corrected chi connectivity index (χ3v) is 2.61. The minimum absolute atomic E-state index is 0.326. The average molecular weight is 243 g/mol. The highest BCUT2D eigenvalue weighted by molar-refractivity contribution is 5.77. The summed E-state index contributed by atoms with van der Waals surface area (Å²) in [6.07, 6.45) is 4.35. The first-order chi connectivity index (χ1) is 7.82. The predicted octanol–water partition coefficient (Wildman–Crippen LogP) is 4.49. The van der Waals surface area contributed by atoms with Crippen molar-refractivity contribution >= 4 is 5.91 Å². The first-order valence-electron chi connectivity index (χ1n) is 7.10. The van der Waals surface area contributed by atoms with Gasteiger partial charge in [-0.05, 0) is 18.8 Å². The molecule has 1 amide bonds. The Balaban J connectivity index is 0. The summed E-state index contributed by atoms with van der Waals surface area (Å²) in [7, 11) is 0. The van der Waals surface area contributed by atoms with Crippen molar-refractivity contribution in [1.82, 2.24) is 4.90 Å². The SMILES string of the molecule is CCC.CCC(C)(C)C.CCN1CCCC1=O. The standard InChI is InChI=1S/C6H11NO.C6H14.C3H8/c1-2-7-5-3-4-6(7)8;1-5-6(2,3)4;1-3-2/h2-5H2,1H3;5H2,1-4H3;3H2,1-2H3. The number of rotatable bonds is 1. The summed E-state index contributed by atoms with van der Waals surface area (Å²) in [5, 5.41) is 0. The van der Waals surface area contributed by atoms with Gasteiger partial charge in [0.25, 0.3) is 0 Å². The molecule has 0 aromatic carbocycles. The molecule has 0 spiro atoms. The van der Waals surface area contributed by atoms with Gasteiger partial charge in [-0.25, -0.2) is 0 Å². The van der Waals surface area contributed by atoms with Gasteiger partial charge >= 0.3 is 0 Å². The number of carbonyl (C=O) groups excluding carboxylic acids is 1. The maximum atomic E-state index is 10.7. The van der Waals surface area contributed by atoms with Crippen molar-refractivity contribution in [2.24, 2.45) is 5.41 Å². The topological polar surface area (TPSA) is 20.3 Å². The van der Waals surface area contributed by atoms with Crippen LogP contribution in [0.1, 0.15) is 74.1 Å². The molecule has 104 valence electrons. The van der Waals surface area contributed by atoms with Gasteiger partial charge in [0.1, 0.15) is 0 Å². The molecule has 0 bridgehead atoms. The second-order valence-corrected chi connectivity index (χ2v) is 5.70. The molecule has 1 saturated heterocycles. The zero-order valence-electron chi connectivity index (χ0n) is 13.1. The van der Waals surface area contributed by atoms with Gasteiger partial charge in [0.2, 0.25) is 5.91 Å². The van der Waals surface area contributed by atoms with Crippen molar-refractivity contribution in [3.8, 4) is 0 Å². The van der Waals surface area contributed by atoms with E-state index < -0.39 is 0 Å².